The number of halogens is 2. The zero-order valence-corrected chi connectivity index (χ0v) is 12.4. The molecule has 6 heteroatoms. The standard InChI is InChI=1S/C12H17BrN2O2.ClH/c13-10-3-1-4-11(9-10)17-8-2-5-12(16)15-7-6-14;/h1,3-4,9H,2,5-8,14H2,(H,15,16);1H. The summed E-state index contributed by atoms with van der Waals surface area (Å²) in [5, 5.41) is 2.71. The second kappa shape index (κ2) is 10.2. The average molecular weight is 338 g/mol. The molecule has 0 heterocycles. The van der Waals surface area contributed by atoms with E-state index in [2.05, 4.69) is 21.2 Å². The topological polar surface area (TPSA) is 64.3 Å². The van der Waals surface area contributed by atoms with Gasteiger partial charge >= 0.3 is 0 Å². The molecule has 0 saturated heterocycles. The van der Waals surface area contributed by atoms with Crippen molar-refractivity contribution >= 4 is 34.2 Å². The first-order valence-electron chi connectivity index (χ1n) is 5.57. The molecule has 0 aromatic heterocycles. The third-order valence-electron chi connectivity index (χ3n) is 2.08. The highest BCUT2D eigenvalue weighted by molar-refractivity contribution is 9.10. The number of nitrogens with one attached hydrogen (secondary N) is 1. The van der Waals surface area contributed by atoms with Crippen molar-refractivity contribution in [1.29, 1.82) is 0 Å². The second-order valence-corrected chi connectivity index (χ2v) is 4.46. The van der Waals surface area contributed by atoms with Crippen LogP contribution in [0.5, 0.6) is 5.75 Å². The molecule has 1 amide bonds. The monoisotopic (exact) mass is 336 g/mol. The molecule has 0 atom stereocenters. The van der Waals surface area contributed by atoms with Gasteiger partial charge in [0.15, 0.2) is 0 Å². The Morgan fingerprint density at radius 2 is 2.22 bits per heavy atom. The smallest absolute Gasteiger partial charge is 0.220 e. The average Bonchev–Trinajstić information content (AvgIpc) is 2.32. The molecule has 1 aromatic rings. The number of rotatable bonds is 7. The van der Waals surface area contributed by atoms with Crippen molar-refractivity contribution in [3.63, 3.8) is 0 Å². The molecular weight excluding hydrogens is 320 g/mol. The highest BCUT2D eigenvalue weighted by atomic mass is 79.9. The summed E-state index contributed by atoms with van der Waals surface area (Å²) in [5.41, 5.74) is 5.28. The number of amides is 1. The number of nitrogens with two attached hydrogens (primary N) is 1. The molecule has 4 nitrogen and oxygen atoms in total. The molecule has 3 N–H and O–H groups in total. The summed E-state index contributed by atoms with van der Waals surface area (Å²) in [5.74, 6) is 0.829. The highest BCUT2D eigenvalue weighted by Gasteiger charge is 2.00. The SMILES string of the molecule is Cl.NCCNC(=O)CCCOc1cccc(Br)c1. The van der Waals surface area contributed by atoms with Crippen molar-refractivity contribution in [2.24, 2.45) is 5.73 Å². The van der Waals surface area contributed by atoms with Crippen LogP contribution >= 0.6 is 28.3 Å². The minimum absolute atomic E-state index is 0. The fourth-order valence-electron chi connectivity index (χ4n) is 1.28. The second-order valence-electron chi connectivity index (χ2n) is 3.55. The normalized spacial score (nSPS) is 9.44. The maximum Gasteiger partial charge on any atom is 0.220 e. The van der Waals surface area contributed by atoms with E-state index in [-0.39, 0.29) is 18.3 Å². The molecule has 0 bridgehead atoms. The van der Waals surface area contributed by atoms with E-state index < -0.39 is 0 Å². The number of ether oxygens (including phenoxy) is 1. The molecule has 0 spiro atoms. The summed E-state index contributed by atoms with van der Waals surface area (Å²) >= 11 is 3.37. The Kier molecular flexibility index (Phi) is 9.73. The van der Waals surface area contributed by atoms with Gasteiger partial charge in [0, 0.05) is 24.0 Å². The van der Waals surface area contributed by atoms with Crippen LogP contribution in [0, 0.1) is 0 Å². The number of carbonyl (C=O) groups excluding carboxylic acids is 1. The Morgan fingerprint density at radius 3 is 2.89 bits per heavy atom. The van der Waals surface area contributed by atoms with E-state index in [1.165, 1.54) is 0 Å². The van der Waals surface area contributed by atoms with Crippen LogP contribution < -0.4 is 15.8 Å². The maximum absolute atomic E-state index is 11.2. The molecule has 102 valence electrons. The Morgan fingerprint density at radius 1 is 1.44 bits per heavy atom. The van der Waals surface area contributed by atoms with Gasteiger partial charge in [0.2, 0.25) is 5.91 Å². The lowest BCUT2D eigenvalue weighted by Gasteiger charge is -2.06. The lowest BCUT2D eigenvalue weighted by atomic mass is 10.3. The van der Waals surface area contributed by atoms with Crippen LogP contribution in [-0.4, -0.2) is 25.6 Å². The summed E-state index contributed by atoms with van der Waals surface area (Å²) in [6.45, 7) is 1.54. The van der Waals surface area contributed by atoms with Gasteiger partial charge in [0.05, 0.1) is 6.61 Å². The Balaban J connectivity index is 0.00000289. The van der Waals surface area contributed by atoms with Crippen LogP contribution in [0.1, 0.15) is 12.8 Å². The third-order valence-corrected chi connectivity index (χ3v) is 2.57. The Hall–Kier alpha value is -0.780. The van der Waals surface area contributed by atoms with Gasteiger partial charge in [0.25, 0.3) is 0 Å². The first-order valence-corrected chi connectivity index (χ1v) is 6.37. The maximum atomic E-state index is 11.2. The molecule has 0 saturated carbocycles. The largest absolute Gasteiger partial charge is 0.494 e. The summed E-state index contributed by atoms with van der Waals surface area (Å²) in [6.07, 6.45) is 1.16. The minimum Gasteiger partial charge on any atom is -0.494 e. The van der Waals surface area contributed by atoms with E-state index in [0.29, 0.717) is 32.5 Å². The van der Waals surface area contributed by atoms with Crippen LogP contribution in [0.4, 0.5) is 0 Å². The fraction of sp³-hybridized carbons (Fsp3) is 0.417. The lowest BCUT2D eigenvalue weighted by Crippen LogP contribution is -2.29. The van der Waals surface area contributed by atoms with Crippen molar-refractivity contribution in [1.82, 2.24) is 5.32 Å². The van der Waals surface area contributed by atoms with Crippen LogP contribution in [-0.2, 0) is 4.79 Å². The summed E-state index contributed by atoms with van der Waals surface area (Å²) in [4.78, 5) is 11.2. The van der Waals surface area contributed by atoms with E-state index in [4.69, 9.17) is 10.5 Å². The van der Waals surface area contributed by atoms with Crippen LogP contribution in [0.25, 0.3) is 0 Å². The van der Waals surface area contributed by atoms with Crippen molar-refractivity contribution < 1.29 is 9.53 Å². The van der Waals surface area contributed by atoms with E-state index in [1.807, 2.05) is 24.3 Å². The van der Waals surface area contributed by atoms with Crippen molar-refractivity contribution in [3.8, 4) is 5.75 Å². The molecule has 0 unspecified atom stereocenters. The van der Waals surface area contributed by atoms with E-state index in [1.54, 1.807) is 0 Å². The lowest BCUT2D eigenvalue weighted by molar-refractivity contribution is -0.121. The zero-order valence-electron chi connectivity index (χ0n) is 10.0. The fourth-order valence-corrected chi connectivity index (χ4v) is 1.66. The molecule has 1 aromatic carbocycles. The van der Waals surface area contributed by atoms with E-state index >= 15 is 0 Å². The number of benzene rings is 1. The summed E-state index contributed by atoms with van der Waals surface area (Å²) in [6, 6.07) is 7.63. The summed E-state index contributed by atoms with van der Waals surface area (Å²) < 4.78 is 6.49. The van der Waals surface area contributed by atoms with Gasteiger partial charge in [-0.3, -0.25) is 4.79 Å². The van der Waals surface area contributed by atoms with Gasteiger partial charge in [0.1, 0.15) is 5.75 Å². The van der Waals surface area contributed by atoms with Gasteiger partial charge in [-0.1, -0.05) is 22.0 Å². The predicted octanol–water partition coefficient (Wildman–Crippen LogP) is 2.10. The van der Waals surface area contributed by atoms with Gasteiger partial charge < -0.3 is 15.8 Å². The molecule has 18 heavy (non-hydrogen) atoms. The molecule has 0 aliphatic heterocycles. The van der Waals surface area contributed by atoms with Gasteiger partial charge in [-0.05, 0) is 24.6 Å². The molecule has 1 rings (SSSR count). The Labute approximate surface area is 122 Å². The van der Waals surface area contributed by atoms with E-state index in [9.17, 15) is 4.79 Å². The Bertz CT molecular complexity index is 364. The van der Waals surface area contributed by atoms with Crippen molar-refractivity contribution in [2.45, 2.75) is 12.8 Å². The quantitative estimate of drug-likeness (QED) is 0.749. The highest BCUT2D eigenvalue weighted by Crippen LogP contribution is 2.17. The van der Waals surface area contributed by atoms with Crippen molar-refractivity contribution in [2.75, 3.05) is 19.7 Å². The summed E-state index contributed by atoms with van der Waals surface area (Å²) in [7, 11) is 0. The van der Waals surface area contributed by atoms with Crippen LogP contribution in [0.3, 0.4) is 0 Å². The number of carbonyl (C=O) groups is 1. The third kappa shape index (κ3) is 7.53. The van der Waals surface area contributed by atoms with Crippen LogP contribution in [0.2, 0.25) is 0 Å². The first-order chi connectivity index (χ1) is 8.22. The number of hydrogen-bond donors (Lipinski definition) is 2. The minimum atomic E-state index is 0. The van der Waals surface area contributed by atoms with Gasteiger partial charge in [-0.15, -0.1) is 12.4 Å². The van der Waals surface area contributed by atoms with Gasteiger partial charge in [-0.2, -0.15) is 0 Å². The zero-order chi connectivity index (χ0) is 12.5. The van der Waals surface area contributed by atoms with E-state index in [0.717, 1.165) is 10.2 Å². The molecule has 0 fully saturated rings. The van der Waals surface area contributed by atoms with Crippen molar-refractivity contribution in [3.05, 3.63) is 28.7 Å². The first kappa shape index (κ1) is 17.2. The molecule has 0 aliphatic carbocycles. The van der Waals surface area contributed by atoms with Gasteiger partial charge in [-0.25, -0.2) is 0 Å². The molecule has 0 aliphatic rings. The molecular formula is C12H18BrClN2O2. The predicted molar refractivity (Wildman–Crippen MR) is 78.2 cm³/mol. The number of hydrogen-bond acceptors (Lipinski definition) is 3. The molecule has 0 radical (unpaired) electrons. The van der Waals surface area contributed by atoms with Crippen LogP contribution in [0.15, 0.2) is 28.7 Å².